The summed E-state index contributed by atoms with van der Waals surface area (Å²) in [6.07, 6.45) is 0.739. The van der Waals surface area contributed by atoms with Crippen LogP contribution in [0.4, 0.5) is 0 Å². The molecule has 1 heterocycles. The molecule has 98 valence electrons. The molecule has 17 heavy (non-hydrogen) atoms. The van der Waals surface area contributed by atoms with Gasteiger partial charge in [0.05, 0.1) is 0 Å². The van der Waals surface area contributed by atoms with Gasteiger partial charge in [-0.25, -0.2) is 0 Å². The van der Waals surface area contributed by atoms with Crippen LogP contribution in [0.25, 0.3) is 0 Å². The van der Waals surface area contributed by atoms with Crippen molar-refractivity contribution in [3.63, 3.8) is 0 Å². The number of hydrogen-bond donors (Lipinski definition) is 0. The Morgan fingerprint density at radius 1 is 1.00 bits per heavy atom. The van der Waals surface area contributed by atoms with Gasteiger partial charge in [-0.05, 0) is 27.7 Å². The molecule has 0 N–H and O–H groups in total. The second-order valence-electron chi connectivity index (χ2n) is 5.74. The number of carbonyl (C=O) groups excluding carboxylic acids is 2. The third kappa shape index (κ3) is 4.46. The minimum atomic E-state index is 0.0895. The van der Waals surface area contributed by atoms with E-state index in [0.29, 0.717) is 12.8 Å². The van der Waals surface area contributed by atoms with Crippen LogP contribution in [-0.2, 0) is 9.59 Å². The molecular formula is C13H24N2O2. The summed E-state index contributed by atoms with van der Waals surface area (Å²) in [6, 6.07) is 0. The maximum absolute atomic E-state index is 11.8. The van der Waals surface area contributed by atoms with Crippen LogP contribution in [0.1, 0.15) is 40.5 Å². The Morgan fingerprint density at radius 2 is 1.53 bits per heavy atom. The Balaban J connectivity index is 2.36. The average molecular weight is 240 g/mol. The molecule has 0 atom stereocenters. The van der Waals surface area contributed by atoms with Gasteiger partial charge in [0, 0.05) is 44.6 Å². The van der Waals surface area contributed by atoms with Crippen molar-refractivity contribution in [3.8, 4) is 0 Å². The summed E-state index contributed by atoms with van der Waals surface area (Å²) in [5, 5.41) is 0. The minimum Gasteiger partial charge on any atom is -0.340 e. The van der Waals surface area contributed by atoms with Crippen LogP contribution in [0.5, 0.6) is 0 Å². The Kier molecular flexibility index (Phi) is 4.69. The molecule has 0 aliphatic carbocycles. The van der Waals surface area contributed by atoms with Crippen LogP contribution in [0, 0.1) is 0 Å². The van der Waals surface area contributed by atoms with Gasteiger partial charge in [-0.2, -0.15) is 0 Å². The highest BCUT2D eigenvalue weighted by Gasteiger charge is 2.27. The second-order valence-corrected chi connectivity index (χ2v) is 5.74. The number of piperazine rings is 1. The van der Waals surface area contributed by atoms with Crippen molar-refractivity contribution in [2.24, 2.45) is 0 Å². The van der Waals surface area contributed by atoms with E-state index >= 15 is 0 Å². The molecule has 1 saturated heterocycles. The van der Waals surface area contributed by atoms with Crippen LogP contribution in [-0.4, -0.2) is 53.2 Å². The Bertz CT molecular complexity index is 286. The first-order chi connectivity index (χ1) is 7.80. The number of hydrogen-bond acceptors (Lipinski definition) is 3. The van der Waals surface area contributed by atoms with E-state index in [0.717, 1.165) is 26.2 Å². The summed E-state index contributed by atoms with van der Waals surface area (Å²) in [6.45, 7) is 11.5. The molecular weight excluding hydrogens is 216 g/mol. The molecule has 4 nitrogen and oxygen atoms in total. The van der Waals surface area contributed by atoms with Crippen LogP contribution in [0.15, 0.2) is 0 Å². The van der Waals surface area contributed by atoms with Crippen molar-refractivity contribution in [1.29, 1.82) is 0 Å². The molecule has 0 aromatic heterocycles. The van der Waals surface area contributed by atoms with Gasteiger partial charge in [0.15, 0.2) is 0 Å². The monoisotopic (exact) mass is 240 g/mol. The number of ketones is 1. The zero-order valence-corrected chi connectivity index (χ0v) is 11.5. The Morgan fingerprint density at radius 3 is 1.94 bits per heavy atom. The molecule has 1 aliphatic rings. The molecule has 0 unspecified atom stereocenters. The van der Waals surface area contributed by atoms with E-state index in [1.165, 1.54) is 6.92 Å². The highest BCUT2D eigenvalue weighted by molar-refractivity contribution is 5.83. The van der Waals surface area contributed by atoms with Gasteiger partial charge in [-0.3, -0.25) is 9.69 Å². The van der Waals surface area contributed by atoms with E-state index in [4.69, 9.17) is 0 Å². The lowest BCUT2D eigenvalue weighted by Crippen LogP contribution is -2.54. The van der Waals surface area contributed by atoms with Crippen molar-refractivity contribution < 1.29 is 9.59 Å². The van der Waals surface area contributed by atoms with Crippen molar-refractivity contribution >= 4 is 11.7 Å². The molecule has 1 aliphatic heterocycles. The highest BCUT2D eigenvalue weighted by atomic mass is 16.2. The second kappa shape index (κ2) is 5.63. The number of carbonyl (C=O) groups is 2. The number of nitrogens with zero attached hydrogens (tertiary/aromatic N) is 2. The van der Waals surface area contributed by atoms with Crippen molar-refractivity contribution in [3.05, 3.63) is 0 Å². The third-order valence-electron chi connectivity index (χ3n) is 3.27. The molecule has 0 saturated carbocycles. The molecule has 0 bridgehead atoms. The number of rotatable bonds is 3. The molecule has 1 rings (SSSR count). The van der Waals surface area contributed by atoms with Crippen LogP contribution in [0.2, 0.25) is 0 Å². The fourth-order valence-electron chi connectivity index (χ4n) is 2.07. The lowest BCUT2D eigenvalue weighted by molar-refractivity contribution is -0.135. The smallest absolute Gasteiger partial charge is 0.223 e. The maximum Gasteiger partial charge on any atom is 0.223 e. The van der Waals surface area contributed by atoms with Crippen molar-refractivity contribution in [1.82, 2.24) is 9.80 Å². The standard InChI is InChI=1S/C13H24N2O2/c1-11(16)5-6-12(17)14-7-9-15(10-8-14)13(2,3)4/h5-10H2,1-4H3. The minimum absolute atomic E-state index is 0.0895. The highest BCUT2D eigenvalue weighted by Crippen LogP contribution is 2.16. The summed E-state index contributed by atoms with van der Waals surface area (Å²) in [5.74, 6) is 0.209. The molecule has 0 aromatic rings. The zero-order valence-electron chi connectivity index (χ0n) is 11.5. The maximum atomic E-state index is 11.8. The molecule has 4 heteroatoms. The predicted octanol–water partition coefficient (Wildman–Crippen LogP) is 1.30. The Labute approximate surface area is 104 Å². The average Bonchev–Trinajstić information content (AvgIpc) is 2.25. The SMILES string of the molecule is CC(=O)CCC(=O)N1CCN(C(C)(C)C)CC1. The fourth-order valence-corrected chi connectivity index (χ4v) is 2.07. The van der Waals surface area contributed by atoms with Gasteiger partial charge in [0.1, 0.15) is 5.78 Å². The molecule has 0 spiro atoms. The molecule has 0 radical (unpaired) electrons. The van der Waals surface area contributed by atoms with E-state index in [9.17, 15) is 9.59 Å². The van der Waals surface area contributed by atoms with E-state index in [2.05, 4.69) is 25.7 Å². The van der Waals surface area contributed by atoms with Crippen LogP contribution >= 0.6 is 0 Å². The van der Waals surface area contributed by atoms with E-state index in [-0.39, 0.29) is 17.2 Å². The third-order valence-corrected chi connectivity index (χ3v) is 3.27. The van der Waals surface area contributed by atoms with E-state index < -0.39 is 0 Å². The molecule has 0 aromatic carbocycles. The summed E-state index contributed by atoms with van der Waals surface area (Å²) in [5.41, 5.74) is 0.175. The molecule has 1 amide bonds. The summed E-state index contributed by atoms with van der Waals surface area (Å²) in [4.78, 5) is 26.9. The van der Waals surface area contributed by atoms with Crippen LogP contribution < -0.4 is 0 Å². The van der Waals surface area contributed by atoms with Gasteiger partial charge in [-0.15, -0.1) is 0 Å². The van der Waals surface area contributed by atoms with Gasteiger partial charge in [0.2, 0.25) is 5.91 Å². The zero-order chi connectivity index (χ0) is 13.1. The lowest BCUT2D eigenvalue weighted by atomic mass is 10.0. The van der Waals surface area contributed by atoms with E-state index in [1.807, 2.05) is 4.90 Å². The lowest BCUT2D eigenvalue weighted by Gasteiger charge is -2.42. The summed E-state index contributed by atoms with van der Waals surface area (Å²) < 4.78 is 0. The van der Waals surface area contributed by atoms with Crippen molar-refractivity contribution in [2.75, 3.05) is 26.2 Å². The first-order valence-electron chi connectivity index (χ1n) is 6.33. The Hall–Kier alpha value is -0.900. The topological polar surface area (TPSA) is 40.6 Å². The quantitative estimate of drug-likeness (QED) is 0.746. The van der Waals surface area contributed by atoms with Crippen molar-refractivity contribution in [2.45, 2.75) is 46.1 Å². The number of amides is 1. The summed E-state index contributed by atoms with van der Waals surface area (Å²) in [7, 11) is 0. The summed E-state index contributed by atoms with van der Waals surface area (Å²) >= 11 is 0. The fraction of sp³-hybridized carbons (Fsp3) is 0.846. The largest absolute Gasteiger partial charge is 0.340 e. The first kappa shape index (κ1) is 14.2. The van der Waals surface area contributed by atoms with Crippen LogP contribution in [0.3, 0.4) is 0 Å². The molecule has 1 fully saturated rings. The first-order valence-corrected chi connectivity index (χ1v) is 6.33. The van der Waals surface area contributed by atoms with E-state index in [1.54, 1.807) is 0 Å². The van der Waals surface area contributed by atoms with Gasteiger partial charge in [-0.1, -0.05) is 0 Å². The van der Waals surface area contributed by atoms with Gasteiger partial charge < -0.3 is 9.69 Å². The predicted molar refractivity (Wildman–Crippen MR) is 67.8 cm³/mol. The normalized spacial score (nSPS) is 18.2. The number of Topliss-reactive ketones (excluding diaryl/α,β-unsaturated/α-hetero) is 1. The van der Waals surface area contributed by atoms with Gasteiger partial charge >= 0.3 is 0 Å². The van der Waals surface area contributed by atoms with Gasteiger partial charge in [0.25, 0.3) is 0 Å².